The second kappa shape index (κ2) is 11.3. The van der Waals surface area contributed by atoms with Crippen LogP contribution in [0.25, 0.3) is 5.69 Å². The van der Waals surface area contributed by atoms with Crippen LogP contribution in [0.4, 0.5) is 5.69 Å². The number of benzene rings is 3. The van der Waals surface area contributed by atoms with Gasteiger partial charge in [0.15, 0.2) is 0 Å². The van der Waals surface area contributed by atoms with Crippen LogP contribution in [0.1, 0.15) is 52.5 Å². The van der Waals surface area contributed by atoms with Crippen LogP contribution in [0, 0.1) is 6.92 Å². The molecule has 1 heterocycles. The molecule has 0 aliphatic heterocycles. The molecule has 0 fully saturated rings. The summed E-state index contributed by atoms with van der Waals surface area (Å²) in [6.07, 6.45) is 1.84. The molecule has 8 heteroatoms. The smallest absolute Gasteiger partial charge is 0.335 e. The first-order valence-corrected chi connectivity index (χ1v) is 12.7. The van der Waals surface area contributed by atoms with E-state index in [0.29, 0.717) is 34.4 Å². The third kappa shape index (κ3) is 5.92. The third-order valence-corrected chi connectivity index (χ3v) is 6.88. The number of anilines is 1. The van der Waals surface area contributed by atoms with Crippen LogP contribution in [0.15, 0.2) is 66.9 Å². The molecule has 0 spiro atoms. The van der Waals surface area contributed by atoms with Crippen LogP contribution in [0.2, 0.25) is 10.0 Å². The molecule has 0 atom stereocenters. The molecular formula is C29H29Cl2N3O3. The Kier molecular flexibility index (Phi) is 8.10. The lowest BCUT2D eigenvalue weighted by Crippen LogP contribution is -2.16. The van der Waals surface area contributed by atoms with E-state index >= 15 is 0 Å². The second-order valence-electron chi connectivity index (χ2n) is 9.28. The van der Waals surface area contributed by atoms with Crippen LogP contribution in [-0.2, 0) is 13.2 Å². The molecule has 0 amide bonds. The quantitative estimate of drug-likeness (QED) is 0.239. The Morgan fingerprint density at radius 2 is 1.76 bits per heavy atom. The van der Waals surface area contributed by atoms with Crippen LogP contribution in [-0.4, -0.2) is 27.9 Å². The van der Waals surface area contributed by atoms with Crippen molar-refractivity contribution in [1.82, 2.24) is 9.78 Å². The molecule has 0 aliphatic rings. The number of rotatable bonds is 9. The van der Waals surface area contributed by atoms with Gasteiger partial charge in [-0.3, -0.25) is 0 Å². The third-order valence-electron chi connectivity index (χ3n) is 6.27. The number of aromatic nitrogens is 2. The van der Waals surface area contributed by atoms with Gasteiger partial charge in [0, 0.05) is 19.3 Å². The summed E-state index contributed by atoms with van der Waals surface area (Å²) in [6.45, 7) is 6.99. The molecule has 6 nitrogen and oxygen atoms in total. The van der Waals surface area contributed by atoms with Crippen molar-refractivity contribution in [3.05, 3.63) is 105 Å². The number of halogens is 2. The Morgan fingerprint density at radius 3 is 2.35 bits per heavy atom. The highest BCUT2D eigenvalue weighted by Gasteiger charge is 2.19. The fourth-order valence-electron chi connectivity index (χ4n) is 4.28. The van der Waals surface area contributed by atoms with Gasteiger partial charge in [-0.25, -0.2) is 9.48 Å². The van der Waals surface area contributed by atoms with Gasteiger partial charge in [0.05, 0.1) is 27.5 Å². The lowest BCUT2D eigenvalue weighted by molar-refractivity contribution is 0.0696. The lowest BCUT2D eigenvalue weighted by atomic mass is 10.0. The van der Waals surface area contributed by atoms with Crippen LogP contribution in [0.3, 0.4) is 0 Å². The predicted octanol–water partition coefficient (Wildman–Crippen LogP) is 7.52. The Hall–Kier alpha value is -3.48. The summed E-state index contributed by atoms with van der Waals surface area (Å²) in [6, 6.07) is 18.7. The summed E-state index contributed by atoms with van der Waals surface area (Å²) in [7, 11) is 2.00. The van der Waals surface area contributed by atoms with Gasteiger partial charge in [-0.2, -0.15) is 5.10 Å². The molecule has 0 saturated heterocycles. The van der Waals surface area contributed by atoms with Crippen LogP contribution in [0.5, 0.6) is 5.75 Å². The maximum Gasteiger partial charge on any atom is 0.335 e. The van der Waals surface area contributed by atoms with Gasteiger partial charge < -0.3 is 14.7 Å². The first-order chi connectivity index (χ1) is 17.7. The summed E-state index contributed by atoms with van der Waals surface area (Å²) in [4.78, 5) is 13.4. The zero-order valence-electron chi connectivity index (χ0n) is 21.2. The molecule has 0 radical (unpaired) electrons. The Bertz CT molecular complexity index is 1390. The minimum Gasteiger partial charge on any atom is -0.487 e. The van der Waals surface area contributed by atoms with Gasteiger partial charge in [0.2, 0.25) is 0 Å². The Balaban J connectivity index is 1.48. The fraction of sp³-hybridized carbons (Fsp3) is 0.241. The molecule has 0 bridgehead atoms. The summed E-state index contributed by atoms with van der Waals surface area (Å²) in [5.41, 5.74) is 5.73. The minimum atomic E-state index is -0.911. The van der Waals surface area contributed by atoms with E-state index in [0.717, 1.165) is 33.8 Å². The van der Waals surface area contributed by atoms with E-state index in [2.05, 4.69) is 23.8 Å². The number of hydrogen-bond donors (Lipinski definition) is 1. The fourth-order valence-corrected chi connectivity index (χ4v) is 4.83. The molecule has 0 saturated carbocycles. The van der Waals surface area contributed by atoms with Crippen molar-refractivity contribution in [2.75, 3.05) is 11.9 Å². The number of carboxylic acid groups (broad SMARTS) is 1. The first kappa shape index (κ1) is 26.6. The summed E-state index contributed by atoms with van der Waals surface area (Å²) < 4.78 is 7.93. The van der Waals surface area contributed by atoms with E-state index in [-0.39, 0.29) is 5.92 Å². The van der Waals surface area contributed by atoms with Crippen LogP contribution < -0.4 is 9.64 Å². The van der Waals surface area contributed by atoms with Crippen molar-refractivity contribution >= 4 is 34.9 Å². The molecule has 1 aromatic heterocycles. The number of aromatic carboxylic acids is 1. The van der Waals surface area contributed by atoms with Gasteiger partial charge in [-0.05, 0) is 72.0 Å². The van der Waals surface area contributed by atoms with Crippen molar-refractivity contribution in [3.8, 4) is 11.4 Å². The van der Waals surface area contributed by atoms with Gasteiger partial charge in [0.25, 0.3) is 0 Å². The van der Waals surface area contributed by atoms with Gasteiger partial charge in [-0.15, -0.1) is 0 Å². The van der Waals surface area contributed by atoms with Crippen molar-refractivity contribution in [2.24, 2.45) is 0 Å². The molecule has 192 valence electrons. The normalized spacial score (nSPS) is 11.1. The average molecular weight is 538 g/mol. The van der Waals surface area contributed by atoms with Crippen LogP contribution >= 0.6 is 23.2 Å². The summed E-state index contributed by atoms with van der Waals surface area (Å²) >= 11 is 12.9. The number of aryl methyl sites for hydroxylation is 1. The average Bonchev–Trinajstić information content (AvgIpc) is 3.26. The topological polar surface area (TPSA) is 67.6 Å². The number of hydrogen-bond acceptors (Lipinski definition) is 4. The lowest BCUT2D eigenvalue weighted by Gasteiger charge is -2.20. The second-order valence-corrected chi connectivity index (χ2v) is 10.1. The molecule has 4 rings (SSSR count). The van der Waals surface area contributed by atoms with Gasteiger partial charge in [0.1, 0.15) is 18.0 Å². The number of carboxylic acids is 1. The first-order valence-electron chi connectivity index (χ1n) is 11.9. The van der Waals surface area contributed by atoms with E-state index < -0.39 is 5.97 Å². The summed E-state index contributed by atoms with van der Waals surface area (Å²) in [5, 5.41) is 14.9. The molecule has 37 heavy (non-hydrogen) atoms. The maximum atomic E-state index is 11.3. The highest BCUT2D eigenvalue weighted by Crippen LogP contribution is 2.32. The van der Waals surface area contributed by atoms with Crippen molar-refractivity contribution in [2.45, 2.75) is 39.8 Å². The number of para-hydroxylation sites is 1. The van der Waals surface area contributed by atoms with E-state index in [1.54, 1.807) is 22.9 Å². The van der Waals surface area contributed by atoms with Gasteiger partial charge >= 0.3 is 5.97 Å². The molecule has 1 N–H and O–H groups in total. The van der Waals surface area contributed by atoms with Crippen molar-refractivity contribution in [1.29, 1.82) is 0 Å². The highest BCUT2D eigenvalue weighted by molar-refractivity contribution is 6.37. The highest BCUT2D eigenvalue weighted by atomic mass is 35.5. The standard InChI is InChI=1S/C29H29Cl2N3O3/c1-18(2)24-15-32-34(28-25(30)6-5-7-26(28)31)27(24)17-37-22-11-9-21(10-12-22)33(4)16-20-8-13-23(29(35)36)19(3)14-20/h5-15,18H,16-17H2,1-4H3,(H,35,36). The largest absolute Gasteiger partial charge is 0.487 e. The molecule has 0 unspecified atom stereocenters. The Morgan fingerprint density at radius 1 is 1.08 bits per heavy atom. The zero-order valence-corrected chi connectivity index (χ0v) is 22.7. The zero-order chi connectivity index (χ0) is 26.7. The predicted molar refractivity (Wildman–Crippen MR) is 149 cm³/mol. The number of ether oxygens (including phenoxy) is 1. The summed E-state index contributed by atoms with van der Waals surface area (Å²) in [5.74, 6) is 0.0656. The molecule has 3 aromatic carbocycles. The van der Waals surface area contributed by atoms with E-state index in [9.17, 15) is 9.90 Å². The SMILES string of the molecule is Cc1cc(CN(C)c2ccc(OCc3c(C(C)C)cnn3-c3c(Cl)cccc3Cl)cc2)ccc1C(=O)O. The number of nitrogens with zero attached hydrogens (tertiary/aromatic N) is 3. The maximum absolute atomic E-state index is 11.3. The minimum absolute atomic E-state index is 0.248. The Labute approximate surface area is 227 Å². The molecule has 4 aromatic rings. The van der Waals surface area contributed by atoms with E-state index in [1.165, 1.54) is 0 Å². The molecular weight excluding hydrogens is 509 g/mol. The van der Waals surface area contributed by atoms with Crippen molar-refractivity contribution in [3.63, 3.8) is 0 Å². The monoisotopic (exact) mass is 537 g/mol. The van der Waals surface area contributed by atoms with E-state index in [4.69, 9.17) is 27.9 Å². The van der Waals surface area contributed by atoms with Crippen molar-refractivity contribution < 1.29 is 14.6 Å². The number of carbonyl (C=O) groups is 1. The van der Waals surface area contributed by atoms with E-state index in [1.807, 2.05) is 62.6 Å². The van der Waals surface area contributed by atoms with Gasteiger partial charge in [-0.1, -0.05) is 55.2 Å². The molecule has 0 aliphatic carbocycles.